The second kappa shape index (κ2) is 10.1. The van der Waals surface area contributed by atoms with Crippen LogP contribution in [0, 0.1) is 23.1 Å². The molecule has 4 rings (SSSR count). The number of pyridine rings is 1. The van der Waals surface area contributed by atoms with Gasteiger partial charge in [-0.3, -0.25) is 4.79 Å². The first-order valence-electron chi connectivity index (χ1n) is 10.9. The highest BCUT2D eigenvalue weighted by Gasteiger charge is 2.29. The molecule has 5 nitrogen and oxygen atoms in total. The van der Waals surface area contributed by atoms with Crippen molar-refractivity contribution in [1.29, 1.82) is 5.26 Å². The molecule has 4 aromatic rings. The zero-order valence-electron chi connectivity index (χ0n) is 18.8. The first-order chi connectivity index (χ1) is 16.5. The number of halogens is 1. The summed E-state index contributed by atoms with van der Waals surface area (Å²) in [6, 6.07) is 26.4. The molecule has 0 saturated carbocycles. The molecule has 0 amide bonds. The number of fused-ring (bicyclic) bond motifs is 1. The molecule has 34 heavy (non-hydrogen) atoms. The topological polar surface area (TPSA) is 72.2 Å². The summed E-state index contributed by atoms with van der Waals surface area (Å²) in [6.07, 6.45) is -1.24. The normalized spacial score (nSPS) is 12.7. The van der Waals surface area contributed by atoms with Crippen molar-refractivity contribution in [2.24, 2.45) is 5.92 Å². The van der Waals surface area contributed by atoms with Crippen LogP contribution in [0.15, 0.2) is 84.9 Å². The maximum Gasteiger partial charge on any atom is 0.315 e. The fraction of sp³-hybridized carbons (Fsp3) is 0.179. The third-order valence-electron chi connectivity index (χ3n) is 5.47. The maximum atomic E-state index is 13.9. The molecular formula is C28H23FN2O3. The Bertz CT molecular complexity index is 1360. The predicted molar refractivity (Wildman–Crippen MR) is 127 cm³/mol. The Labute approximate surface area is 197 Å². The lowest BCUT2D eigenvalue weighted by Gasteiger charge is -2.22. The second-order valence-electron chi connectivity index (χ2n) is 8.21. The van der Waals surface area contributed by atoms with Gasteiger partial charge in [0.05, 0.1) is 11.6 Å². The number of hydrogen-bond donors (Lipinski definition) is 0. The lowest BCUT2D eigenvalue weighted by molar-refractivity contribution is -0.150. The van der Waals surface area contributed by atoms with Gasteiger partial charge in [-0.2, -0.15) is 5.26 Å². The summed E-state index contributed by atoms with van der Waals surface area (Å²) in [5.74, 6) is -1.56. The highest BCUT2D eigenvalue weighted by atomic mass is 19.1. The van der Waals surface area contributed by atoms with Crippen molar-refractivity contribution in [2.45, 2.75) is 25.9 Å². The van der Waals surface area contributed by atoms with Crippen LogP contribution >= 0.6 is 0 Å². The quantitative estimate of drug-likeness (QED) is 0.290. The van der Waals surface area contributed by atoms with E-state index in [0.717, 1.165) is 16.3 Å². The van der Waals surface area contributed by atoms with Crippen LogP contribution in [0.4, 0.5) is 4.39 Å². The summed E-state index contributed by atoms with van der Waals surface area (Å²) in [5.41, 5.74) is 1.02. The molecule has 3 aromatic carbocycles. The van der Waals surface area contributed by atoms with Crippen LogP contribution < -0.4 is 4.74 Å². The summed E-state index contributed by atoms with van der Waals surface area (Å²) in [4.78, 5) is 17.5. The fourth-order valence-corrected chi connectivity index (χ4v) is 3.81. The highest BCUT2D eigenvalue weighted by molar-refractivity contribution is 5.86. The van der Waals surface area contributed by atoms with Crippen LogP contribution in [0.5, 0.6) is 11.6 Å². The van der Waals surface area contributed by atoms with Crippen molar-refractivity contribution in [3.8, 4) is 17.7 Å². The molecule has 0 radical (unpaired) electrons. The van der Waals surface area contributed by atoms with E-state index in [2.05, 4.69) is 4.98 Å². The average Bonchev–Trinajstić information content (AvgIpc) is 2.84. The van der Waals surface area contributed by atoms with E-state index >= 15 is 0 Å². The Morgan fingerprint density at radius 2 is 1.68 bits per heavy atom. The molecule has 1 heterocycles. The molecular weight excluding hydrogens is 431 g/mol. The van der Waals surface area contributed by atoms with Crippen molar-refractivity contribution >= 4 is 16.7 Å². The Hall–Kier alpha value is -4.24. The Morgan fingerprint density at radius 1 is 0.941 bits per heavy atom. The monoisotopic (exact) mass is 454 g/mol. The number of rotatable bonds is 7. The molecule has 0 bridgehead atoms. The summed E-state index contributed by atoms with van der Waals surface area (Å²) in [5, 5.41) is 11.8. The molecule has 0 spiro atoms. The number of carbonyl (C=O) groups is 1. The van der Waals surface area contributed by atoms with Crippen molar-refractivity contribution in [1.82, 2.24) is 4.98 Å². The average molecular weight is 455 g/mol. The number of hydrogen-bond acceptors (Lipinski definition) is 5. The van der Waals surface area contributed by atoms with Gasteiger partial charge in [-0.15, -0.1) is 0 Å². The zero-order valence-corrected chi connectivity index (χ0v) is 18.8. The lowest BCUT2D eigenvalue weighted by atomic mass is 9.87. The maximum absolute atomic E-state index is 13.9. The van der Waals surface area contributed by atoms with Crippen LogP contribution in [0.2, 0.25) is 0 Å². The Morgan fingerprint density at radius 3 is 2.41 bits per heavy atom. The fourth-order valence-electron chi connectivity index (χ4n) is 3.81. The van der Waals surface area contributed by atoms with Crippen molar-refractivity contribution < 1.29 is 18.7 Å². The molecule has 0 fully saturated rings. The van der Waals surface area contributed by atoms with E-state index in [4.69, 9.17) is 9.47 Å². The van der Waals surface area contributed by atoms with Crippen LogP contribution in [-0.4, -0.2) is 11.0 Å². The van der Waals surface area contributed by atoms with Crippen LogP contribution in [-0.2, 0) is 9.53 Å². The van der Waals surface area contributed by atoms with Gasteiger partial charge in [-0.25, -0.2) is 9.37 Å². The Balaban J connectivity index is 1.56. The SMILES string of the molecule is CC(C)C(C(=O)OC(C#N)c1cccc(Oc2ccccc2F)n1)c1ccc2ccccc2c1. The van der Waals surface area contributed by atoms with E-state index in [1.807, 2.05) is 62.4 Å². The van der Waals surface area contributed by atoms with Gasteiger partial charge in [0, 0.05) is 6.07 Å². The third kappa shape index (κ3) is 5.05. The standard InChI is InChI=1S/C28H23FN2O3/c1-18(2)27(21-15-14-19-8-3-4-9-20(19)16-21)28(32)34-25(17-30)23-11-7-13-26(31-23)33-24-12-6-5-10-22(24)29/h3-16,18,25,27H,1-2H3. The van der Waals surface area contributed by atoms with Gasteiger partial charge in [0.1, 0.15) is 6.07 Å². The van der Waals surface area contributed by atoms with Gasteiger partial charge in [-0.05, 0) is 40.5 Å². The summed E-state index contributed by atoms with van der Waals surface area (Å²) in [6.45, 7) is 3.87. The van der Waals surface area contributed by atoms with Gasteiger partial charge in [0.15, 0.2) is 11.6 Å². The van der Waals surface area contributed by atoms with Crippen LogP contribution in [0.25, 0.3) is 10.8 Å². The highest BCUT2D eigenvalue weighted by Crippen LogP contribution is 2.31. The molecule has 1 aromatic heterocycles. The summed E-state index contributed by atoms with van der Waals surface area (Å²) in [7, 11) is 0. The number of carbonyl (C=O) groups excluding carboxylic acids is 1. The number of esters is 1. The number of para-hydroxylation sites is 1. The second-order valence-corrected chi connectivity index (χ2v) is 8.21. The third-order valence-corrected chi connectivity index (χ3v) is 5.47. The van der Waals surface area contributed by atoms with E-state index in [9.17, 15) is 14.4 Å². The van der Waals surface area contributed by atoms with Gasteiger partial charge >= 0.3 is 5.97 Å². The van der Waals surface area contributed by atoms with E-state index in [0.29, 0.717) is 0 Å². The molecule has 0 N–H and O–H groups in total. The lowest BCUT2D eigenvalue weighted by Crippen LogP contribution is -2.23. The van der Waals surface area contributed by atoms with E-state index in [1.54, 1.807) is 24.3 Å². The zero-order chi connectivity index (χ0) is 24.1. The predicted octanol–water partition coefficient (Wildman–Crippen LogP) is 6.71. The Kier molecular flexibility index (Phi) is 6.84. The van der Waals surface area contributed by atoms with Crippen LogP contribution in [0.3, 0.4) is 0 Å². The number of ether oxygens (including phenoxy) is 2. The van der Waals surface area contributed by atoms with E-state index < -0.39 is 23.8 Å². The van der Waals surface area contributed by atoms with Crippen molar-refractivity contribution in [3.05, 3.63) is 102 Å². The van der Waals surface area contributed by atoms with E-state index in [1.165, 1.54) is 18.2 Å². The summed E-state index contributed by atoms with van der Waals surface area (Å²) >= 11 is 0. The summed E-state index contributed by atoms with van der Waals surface area (Å²) < 4.78 is 25.0. The first kappa shape index (κ1) is 22.9. The minimum atomic E-state index is -1.24. The minimum Gasteiger partial charge on any atom is -0.440 e. The smallest absolute Gasteiger partial charge is 0.315 e. The molecule has 0 saturated heterocycles. The number of aromatic nitrogens is 1. The largest absolute Gasteiger partial charge is 0.440 e. The molecule has 6 heteroatoms. The minimum absolute atomic E-state index is 0.00817. The van der Waals surface area contributed by atoms with E-state index in [-0.39, 0.29) is 23.2 Å². The van der Waals surface area contributed by atoms with Crippen LogP contribution in [0.1, 0.15) is 37.1 Å². The first-order valence-corrected chi connectivity index (χ1v) is 10.9. The molecule has 0 aliphatic rings. The molecule has 0 aliphatic carbocycles. The molecule has 170 valence electrons. The van der Waals surface area contributed by atoms with Gasteiger partial charge in [-0.1, -0.05) is 74.5 Å². The molecule has 2 unspecified atom stereocenters. The van der Waals surface area contributed by atoms with Gasteiger partial charge in [0.25, 0.3) is 0 Å². The number of nitriles is 1. The van der Waals surface area contributed by atoms with Gasteiger partial charge in [0.2, 0.25) is 12.0 Å². The van der Waals surface area contributed by atoms with Gasteiger partial charge < -0.3 is 9.47 Å². The molecule has 0 aliphatic heterocycles. The molecule has 2 atom stereocenters. The van der Waals surface area contributed by atoms with Crippen molar-refractivity contribution in [3.63, 3.8) is 0 Å². The van der Waals surface area contributed by atoms with Crippen molar-refractivity contribution in [2.75, 3.05) is 0 Å². The number of nitrogens with zero attached hydrogens (tertiary/aromatic N) is 2. The number of benzene rings is 3.